The molecule has 2 fully saturated rings. The van der Waals surface area contributed by atoms with Gasteiger partial charge >= 0.3 is 0 Å². The van der Waals surface area contributed by atoms with E-state index in [1.807, 2.05) is 36.1 Å². The molecule has 25 heavy (non-hydrogen) atoms. The van der Waals surface area contributed by atoms with Crippen LogP contribution in [0.4, 0.5) is 5.69 Å². The first-order valence-corrected chi connectivity index (χ1v) is 9.10. The SMILES string of the molecule is CCC(=O)N1c2ccccc2CC1C(=O)N1CCC2(CC1)OCCO2. The van der Waals surface area contributed by atoms with Gasteiger partial charge in [-0.25, -0.2) is 0 Å². The van der Waals surface area contributed by atoms with Crippen LogP contribution in [0.3, 0.4) is 0 Å². The van der Waals surface area contributed by atoms with Crippen molar-refractivity contribution in [3.05, 3.63) is 29.8 Å². The number of rotatable bonds is 2. The molecule has 6 heteroatoms. The predicted octanol–water partition coefficient (Wildman–Crippen LogP) is 1.72. The molecule has 0 aromatic heterocycles. The number of ether oxygens (including phenoxy) is 2. The van der Waals surface area contributed by atoms with Gasteiger partial charge in [0.15, 0.2) is 5.79 Å². The van der Waals surface area contributed by atoms with Crippen LogP contribution < -0.4 is 4.90 Å². The van der Waals surface area contributed by atoms with E-state index in [1.54, 1.807) is 4.90 Å². The van der Waals surface area contributed by atoms with Crippen molar-refractivity contribution >= 4 is 17.5 Å². The first-order chi connectivity index (χ1) is 12.1. The molecule has 3 heterocycles. The smallest absolute Gasteiger partial charge is 0.246 e. The molecule has 1 atom stereocenters. The van der Waals surface area contributed by atoms with Gasteiger partial charge in [-0.15, -0.1) is 0 Å². The molecule has 6 nitrogen and oxygen atoms in total. The highest BCUT2D eigenvalue weighted by atomic mass is 16.7. The van der Waals surface area contributed by atoms with Gasteiger partial charge in [-0.2, -0.15) is 0 Å². The van der Waals surface area contributed by atoms with Crippen LogP contribution in [-0.4, -0.2) is 54.8 Å². The molecule has 0 aliphatic carbocycles. The number of benzene rings is 1. The summed E-state index contributed by atoms with van der Waals surface area (Å²) < 4.78 is 11.5. The van der Waals surface area contributed by atoms with Gasteiger partial charge in [0.2, 0.25) is 11.8 Å². The van der Waals surface area contributed by atoms with Crippen molar-refractivity contribution in [1.29, 1.82) is 0 Å². The monoisotopic (exact) mass is 344 g/mol. The van der Waals surface area contributed by atoms with Crippen LogP contribution in [-0.2, 0) is 25.5 Å². The summed E-state index contributed by atoms with van der Waals surface area (Å²) in [4.78, 5) is 29.2. The van der Waals surface area contributed by atoms with Gasteiger partial charge in [0.25, 0.3) is 0 Å². The van der Waals surface area contributed by atoms with Crippen LogP contribution in [0.1, 0.15) is 31.7 Å². The van der Waals surface area contributed by atoms with E-state index in [-0.39, 0.29) is 11.8 Å². The lowest BCUT2D eigenvalue weighted by Crippen LogP contribution is -2.54. The minimum atomic E-state index is -0.492. The molecule has 2 saturated heterocycles. The average molecular weight is 344 g/mol. The molecule has 134 valence electrons. The summed E-state index contributed by atoms with van der Waals surface area (Å²) in [6.45, 7) is 4.32. The Bertz CT molecular complexity index is 674. The summed E-state index contributed by atoms with van der Waals surface area (Å²) in [7, 11) is 0. The first kappa shape index (κ1) is 16.5. The zero-order valence-electron chi connectivity index (χ0n) is 14.6. The number of hydrogen-bond donors (Lipinski definition) is 0. The lowest BCUT2D eigenvalue weighted by Gasteiger charge is -2.39. The topological polar surface area (TPSA) is 59.1 Å². The van der Waals surface area contributed by atoms with E-state index >= 15 is 0 Å². The fourth-order valence-corrected chi connectivity index (χ4v) is 4.13. The van der Waals surface area contributed by atoms with Crippen LogP contribution in [0.2, 0.25) is 0 Å². The molecule has 0 radical (unpaired) electrons. The Morgan fingerprint density at radius 2 is 1.84 bits per heavy atom. The highest BCUT2D eigenvalue weighted by Gasteiger charge is 2.44. The Hall–Kier alpha value is -1.92. The third-order valence-electron chi connectivity index (χ3n) is 5.48. The molecule has 0 saturated carbocycles. The van der Waals surface area contributed by atoms with Crippen LogP contribution >= 0.6 is 0 Å². The van der Waals surface area contributed by atoms with Crippen molar-refractivity contribution in [3.8, 4) is 0 Å². The Morgan fingerprint density at radius 1 is 1.16 bits per heavy atom. The van der Waals surface area contributed by atoms with Crippen LogP contribution in [0.15, 0.2) is 24.3 Å². The normalized spacial score (nSPS) is 24.6. The van der Waals surface area contributed by atoms with Crippen LogP contribution in [0, 0.1) is 0 Å². The number of carbonyl (C=O) groups excluding carboxylic acids is 2. The van der Waals surface area contributed by atoms with Crippen LogP contribution in [0.5, 0.6) is 0 Å². The molecule has 1 aromatic rings. The van der Waals surface area contributed by atoms with E-state index in [0.717, 1.165) is 11.3 Å². The second kappa shape index (κ2) is 6.42. The maximum Gasteiger partial charge on any atom is 0.246 e. The third-order valence-corrected chi connectivity index (χ3v) is 5.48. The lowest BCUT2D eigenvalue weighted by atomic mass is 10.0. The molecule has 1 aromatic carbocycles. The molecule has 3 aliphatic rings. The van der Waals surface area contributed by atoms with E-state index in [0.29, 0.717) is 52.0 Å². The Balaban J connectivity index is 1.51. The Kier molecular flexibility index (Phi) is 4.25. The number of piperidine rings is 1. The minimum absolute atomic E-state index is 0.000704. The summed E-state index contributed by atoms with van der Waals surface area (Å²) >= 11 is 0. The average Bonchev–Trinajstić information content (AvgIpc) is 3.26. The van der Waals surface area contributed by atoms with E-state index in [4.69, 9.17) is 9.47 Å². The number of likely N-dealkylation sites (tertiary alicyclic amines) is 1. The number of anilines is 1. The van der Waals surface area contributed by atoms with Gasteiger partial charge < -0.3 is 14.4 Å². The minimum Gasteiger partial charge on any atom is -0.347 e. The van der Waals surface area contributed by atoms with E-state index in [2.05, 4.69) is 0 Å². The lowest BCUT2D eigenvalue weighted by molar-refractivity contribution is -0.187. The van der Waals surface area contributed by atoms with Crippen molar-refractivity contribution in [2.45, 2.75) is 44.4 Å². The van der Waals surface area contributed by atoms with Crippen LogP contribution in [0.25, 0.3) is 0 Å². The highest BCUT2D eigenvalue weighted by Crippen LogP contribution is 2.35. The number of fused-ring (bicyclic) bond motifs is 1. The van der Waals surface area contributed by atoms with Crippen molar-refractivity contribution in [3.63, 3.8) is 0 Å². The summed E-state index contributed by atoms with van der Waals surface area (Å²) in [6.07, 6.45) is 2.37. The van der Waals surface area contributed by atoms with Gasteiger partial charge in [0.1, 0.15) is 6.04 Å². The second-order valence-electron chi connectivity index (χ2n) is 6.90. The summed E-state index contributed by atoms with van der Waals surface area (Å²) in [5.74, 6) is -0.459. The zero-order chi connectivity index (χ0) is 17.4. The molecule has 1 spiro atoms. The number of carbonyl (C=O) groups is 2. The van der Waals surface area contributed by atoms with Crippen molar-refractivity contribution in [2.24, 2.45) is 0 Å². The molecule has 2 amide bonds. The van der Waals surface area contributed by atoms with E-state index in [1.165, 1.54) is 0 Å². The number of amides is 2. The van der Waals surface area contributed by atoms with Gasteiger partial charge in [-0.05, 0) is 11.6 Å². The van der Waals surface area contributed by atoms with Gasteiger partial charge in [-0.3, -0.25) is 14.5 Å². The van der Waals surface area contributed by atoms with E-state index in [9.17, 15) is 9.59 Å². The highest BCUT2D eigenvalue weighted by molar-refractivity contribution is 6.03. The Labute approximate surface area is 147 Å². The quantitative estimate of drug-likeness (QED) is 0.820. The number of nitrogens with zero attached hydrogens (tertiary/aromatic N) is 2. The van der Waals surface area contributed by atoms with Gasteiger partial charge in [0.05, 0.1) is 13.2 Å². The van der Waals surface area contributed by atoms with Crippen molar-refractivity contribution in [2.75, 3.05) is 31.2 Å². The molecule has 0 N–H and O–H groups in total. The maximum absolute atomic E-state index is 13.2. The fraction of sp³-hybridized carbons (Fsp3) is 0.579. The largest absolute Gasteiger partial charge is 0.347 e. The van der Waals surface area contributed by atoms with Gasteiger partial charge in [-0.1, -0.05) is 25.1 Å². The van der Waals surface area contributed by atoms with Crippen molar-refractivity contribution in [1.82, 2.24) is 4.90 Å². The Morgan fingerprint density at radius 3 is 2.52 bits per heavy atom. The fourth-order valence-electron chi connectivity index (χ4n) is 4.13. The molecule has 3 aliphatic heterocycles. The third kappa shape index (κ3) is 2.83. The standard InChI is InChI=1S/C19H24N2O4/c1-2-17(22)21-15-6-4-3-5-14(15)13-16(21)18(23)20-9-7-19(8-10-20)24-11-12-25-19/h3-6,16H,2,7-13H2,1H3. The second-order valence-corrected chi connectivity index (χ2v) is 6.90. The summed E-state index contributed by atoms with van der Waals surface area (Å²) in [5, 5.41) is 0. The van der Waals surface area contributed by atoms with E-state index < -0.39 is 11.8 Å². The zero-order valence-corrected chi connectivity index (χ0v) is 14.6. The molecule has 1 unspecified atom stereocenters. The predicted molar refractivity (Wildman–Crippen MR) is 92.2 cm³/mol. The summed E-state index contributed by atoms with van der Waals surface area (Å²) in [5.41, 5.74) is 1.95. The number of para-hydroxylation sites is 1. The van der Waals surface area contributed by atoms with Crippen molar-refractivity contribution < 1.29 is 19.1 Å². The van der Waals surface area contributed by atoms with Gasteiger partial charge in [0, 0.05) is 44.5 Å². The molecule has 4 rings (SSSR count). The molecule has 0 bridgehead atoms. The summed E-state index contributed by atoms with van der Waals surface area (Å²) in [6, 6.07) is 7.39. The molecular weight excluding hydrogens is 320 g/mol. The first-order valence-electron chi connectivity index (χ1n) is 9.10. The maximum atomic E-state index is 13.2. The molecular formula is C19H24N2O4. The number of hydrogen-bond acceptors (Lipinski definition) is 4.